The number of anilines is 1. The van der Waals surface area contributed by atoms with E-state index >= 15 is 0 Å². The number of amides is 1. The van der Waals surface area contributed by atoms with Crippen molar-refractivity contribution in [3.05, 3.63) is 65.5 Å². The summed E-state index contributed by atoms with van der Waals surface area (Å²) in [6.07, 6.45) is 5.40. The Balaban J connectivity index is 1.82. The fourth-order valence-corrected chi connectivity index (χ4v) is 4.49. The number of halogens is 1. The number of hydrogen-bond donors (Lipinski definition) is 0. The molecule has 0 spiro atoms. The lowest BCUT2D eigenvalue weighted by Crippen LogP contribution is -2.35. The van der Waals surface area contributed by atoms with Crippen molar-refractivity contribution in [3.63, 3.8) is 0 Å². The first-order valence-electron chi connectivity index (χ1n) is 9.35. The first kappa shape index (κ1) is 20.3. The third kappa shape index (κ3) is 4.52. The number of nitrogens with zero attached hydrogens (tertiary/aromatic N) is 2. The molecule has 0 bridgehead atoms. The Bertz CT molecular complexity index is 938. The molecule has 0 N–H and O–H groups in total. The zero-order valence-corrected chi connectivity index (χ0v) is 17.0. The average Bonchev–Trinajstić information content (AvgIpc) is 3.20. The predicted octanol–water partition coefficient (Wildman–Crippen LogP) is 3.81. The second-order valence-corrected chi connectivity index (χ2v) is 9.17. The van der Waals surface area contributed by atoms with Crippen LogP contribution in [0.15, 0.2) is 48.5 Å². The molecule has 28 heavy (non-hydrogen) atoms. The van der Waals surface area contributed by atoms with Crippen molar-refractivity contribution in [3.8, 4) is 0 Å². The summed E-state index contributed by atoms with van der Waals surface area (Å²) in [5.74, 6) is -0.528. The Hall–Kier alpha value is -2.41. The van der Waals surface area contributed by atoms with Crippen LogP contribution in [0.2, 0.25) is 0 Å². The van der Waals surface area contributed by atoms with Crippen molar-refractivity contribution < 1.29 is 17.6 Å². The summed E-state index contributed by atoms with van der Waals surface area (Å²) >= 11 is 0. The van der Waals surface area contributed by atoms with Gasteiger partial charge in [-0.15, -0.1) is 0 Å². The second-order valence-electron chi connectivity index (χ2n) is 7.26. The highest BCUT2D eigenvalue weighted by Crippen LogP contribution is 2.25. The smallest absolute Gasteiger partial charge is 0.253 e. The average molecular weight is 405 g/mol. The van der Waals surface area contributed by atoms with E-state index in [-0.39, 0.29) is 24.1 Å². The molecular formula is C21H25FN2O3S. The minimum absolute atomic E-state index is 0.0709. The van der Waals surface area contributed by atoms with E-state index in [1.54, 1.807) is 47.4 Å². The van der Waals surface area contributed by atoms with Gasteiger partial charge in [0.05, 0.1) is 18.5 Å². The minimum Gasteiger partial charge on any atom is -0.339 e. The number of rotatable bonds is 6. The third-order valence-electron chi connectivity index (χ3n) is 5.27. The third-order valence-corrected chi connectivity index (χ3v) is 6.41. The van der Waals surface area contributed by atoms with Gasteiger partial charge >= 0.3 is 0 Å². The number of sulfonamides is 1. The molecule has 1 amide bonds. The van der Waals surface area contributed by atoms with Crippen LogP contribution in [0.4, 0.5) is 10.1 Å². The maximum absolute atomic E-state index is 14.0. The van der Waals surface area contributed by atoms with Gasteiger partial charge < -0.3 is 4.90 Å². The van der Waals surface area contributed by atoms with E-state index in [1.165, 1.54) is 6.07 Å². The van der Waals surface area contributed by atoms with Crippen LogP contribution in [-0.2, 0) is 16.6 Å². The molecule has 0 aliphatic heterocycles. The van der Waals surface area contributed by atoms with Crippen LogP contribution < -0.4 is 4.31 Å². The molecule has 1 saturated carbocycles. The van der Waals surface area contributed by atoms with Gasteiger partial charge in [-0.1, -0.05) is 31.0 Å². The van der Waals surface area contributed by atoms with E-state index in [0.29, 0.717) is 11.3 Å². The lowest BCUT2D eigenvalue weighted by atomic mass is 10.1. The molecule has 0 aromatic heterocycles. The molecule has 5 nitrogen and oxygen atoms in total. The molecule has 0 heterocycles. The fraction of sp³-hybridized carbons (Fsp3) is 0.381. The minimum atomic E-state index is -3.62. The lowest BCUT2D eigenvalue weighted by molar-refractivity contribution is 0.0735. The van der Waals surface area contributed by atoms with Gasteiger partial charge in [-0.3, -0.25) is 9.10 Å². The molecule has 7 heteroatoms. The summed E-state index contributed by atoms with van der Waals surface area (Å²) in [6, 6.07) is 12.8. The zero-order valence-electron chi connectivity index (χ0n) is 16.1. The highest BCUT2D eigenvalue weighted by molar-refractivity contribution is 7.92. The Morgan fingerprint density at radius 1 is 1.07 bits per heavy atom. The molecule has 2 aromatic carbocycles. The summed E-state index contributed by atoms with van der Waals surface area (Å²) in [5, 5.41) is 0. The van der Waals surface area contributed by atoms with Crippen molar-refractivity contribution >= 4 is 21.6 Å². The molecule has 150 valence electrons. The molecule has 1 aliphatic carbocycles. The zero-order chi connectivity index (χ0) is 20.3. The Labute approximate surface area is 165 Å². The van der Waals surface area contributed by atoms with Crippen molar-refractivity contribution in [2.24, 2.45) is 0 Å². The van der Waals surface area contributed by atoms with E-state index < -0.39 is 15.8 Å². The Morgan fingerprint density at radius 3 is 2.25 bits per heavy atom. The molecule has 0 unspecified atom stereocenters. The van der Waals surface area contributed by atoms with Crippen LogP contribution in [0.3, 0.4) is 0 Å². The molecule has 2 aromatic rings. The van der Waals surface area contributed by atoms with Gasteiger partial charge in [-0.2, -0.15) is 0 Å². The van der Waals surface area contributed by atoms with Crippen LogP contribution in [0.5, 0.6) is 0 Å². The molecular weight excluding hydrogens is 379 g/mol. The number of carbonyl (C=O) groups excluding carboxylic acids is 1. The SMILES string of the molecule is CN(C(=O)c1ccc(N(Cc2ccccc2F)S(C)(=O)=O)cc1)C1CCCC1. The van der Waals surface area contributed by atoms with Gasteiger partial charge in [0, 0.05) is 24.2 Å². The number of hydrogen-bond acceptors (Lipinski definition) is 3. The van der Waals surface area contributed by atoms with Crippen LogP contribution in [0.1, 0.15) is 41.6 Å². The van der Waals surface area contributed by atoms with E-state index in [4.69, 9.17) is 0 Å². The molecule has 0 atom stereocenters. The Kier molecular flexibility index (Phi) is 6.03. The summed E-state index contributed by atoms with van der Waals surface area (Å²) in [4.78, 5) is 14.5. The van der Waals surface area contributed by atoms with Gasteiger partial charge in [0.15, 0.2) is 0 Å². The van der Waals surface area contributed by atoms with Gasteiger partial charge in [0.2, 0.25) is 10.0 Å². The van der Waals surface area contributed by atoms with Crippen LogP contribution in [0, 0.1) is 5.82 Å². The monoisotopic (exact) mass is 404 g/mol. The summed E-state index contributed by atoms with van der Waals surface area (Å²) < 4.78 is 39.7. The van der Waals surface area contributed by atoms with Gasteiger partial charge in [0.25, 0.3) is 5.91 Å². The summed E-state index contributed by atoms with van der Waals surface area (Å²) in [6.45, 7) is -0.110. The normalized spacial score (nSPS) is 14.8. The maximum atomic E-state index is 14.0. The van der Waals surface area contributed by atoms with E-state index in [0.717, 1.165) is 36.2 Å². The van der Waals surface area contributed by atoms with E-state index in [9.17, 15) is 17.6 Å². The molecule has 0 radical (unpaired) electrons. The number of benzene rings is 2. The molecule has 3 rings (SSSR count). The van der Waals surface area contributed by atoms with Gasteiger partial charge in [-0.25, -0.2) is 12.8 Å². The largest absolute Gasteiger partial charge is 0.339 e. The first-order valence-corrected chi connectivity index (χ1v) is 11.2. The predicted molar refractivity (Wildman–Crippen MR) is 108 cm³/mol. The van der Waals surface area contributed by atoms with Crippen molar-refractivity contribution in [1.82, 2.24) is 4.90 Å². The van der Waals surface area contributed by atoms with E-state index in [1.807, 2.05) is 7.05 Å². The van der Waals surface area contributed by atoms with Crippen LogP contribution in [-0.4, -0.2) is 38.6 Å². The van der Waals surface area contributed by atoms with E-state index in [2.05, 4.69) is 0 Å². The molecule has 1 fully saturated rings. The standard InChI is InChI=1S/C21H25FN2O3S/c1-23(18-8-4-5-9-18)21(25)16-11-13-19(14-12-16)24(28(2,26)27)15-17-7-3-6-10-20(17)22/h3,6-7,10-14,18H,4-5,8-9,15H2,1-2H3. The lowest BCUT2D eigenvalue weighted by Gasteiger charge is -2.25. The molecule has 0 saturated heterocycles. The van der Waals surface area contributed by atoms with Crippen molar-refractivity contribution in [2.45, 2.75) is 38.3 Å². The maximum Gasteiger partial charge on any atom is 0.253 e. The van der Waals surface area contributed by atoms with Gasteiger partial charge in [-0.05, 0) is 43.2 Å². The summed E-state index contributed by atoms with van der Waals surface area (Å²) in [7, 11) is -1.81. The first-order chi connectivity index (χ1) is 13.3. The fourth-order valence-electron chi connectivity index (χ4n) is 3.61. The number of carbonyl (C=O) groups is 1. The second kappa shape index (κ2) is 8.31. The van der Waals surface area contributed by atoms with Crippen molar-refractivity contribution in [2.75, 3.05) is 17.6 Å². The molecule has 1 aliphatic rings. The Morgan fingerprint density at radius 2 is 1.68 bits per heavy atom. The quantitative estimate of drug-likeness (QED) is 0.736. The van der Waals surface area contributed by atoms with Crippen LogP contribution >= 0.6 is 0 Å². The highest BCUT2D eigenvalue weighted by Gasteiger charge is 2.25. The summed E-state index contributed by atoms with van der Waals surface area (Å²) in [5.41, 5.74) is 1.19. The highest BCUT2D eigenvalue weighted by atomic mass is 32.2. The topological polar surface area (TPSA) is 57.7 Å². The van der Waals surface area contributed by atoms with Crippen molar-refractivity contribution in [1.29, 1.82) is 0 Å². The van der Waals surface area contributed by atoms with Gasteiger partial charge in [0.1, 0.15) is 5.82 Å². The van der Waals surface area contributed by atoms with Crippen LogP contribution in [0.25, 0.3) is 0 Å².